The van der Waals surface area contributed by atoms with Gasteiger partial charge in [0.1, 0.15) is 0 Å². The van der Waals surface area contributed by atoms with Crippen LogP contribution in [-0.4, -0.2) is 37.3 Å². The van der Waals surface area contributed by atoms with E-state index < -0.39 is 0 Å². The first-order valence-corrected chi connectivity index (χ1v) is 5.75. The molecule has 0 aliphatic rings. The van der Waals surface area contributed by atoms with Gasteiger partial charge in [-0.05, 0) is 26.2 Å². The maximum atomic E-state index is 5.96. The van der Waals surface area contributed by atoms with E-state index in [2.05, 4.69) is 29.2 Å². The average molecular weight is 210 g/mol. The lowest BCUT2D eigenvalue weighted by Gasteiger charge is -2.16. The van der Waals surface area contributed by atoms with Crippen LogP contribution < -0.4 is 5.73 Å². The largest absolute Gasteiger partial charge is 0.326 e. The number of rotatable bonds is 5. The van der Waals surface area contributed by atoms with Crippen molar-refractivity contribution < 1.29 is 0 Å². The molecule has 2 N–H and O–H groups in total. The van der Waals surface area contributed by atoms with Crippen LogP contribution in [0.25, 0.3) is 0 Å². The highest BCUT2D eigenvalue weighted by molar-refractivity contribution is 7.99. The number of benzene rings is 1. The minimum Gasteiger partial charge on any atom is -0.326 e. The van der Waals surface area contributed by atoms with Gasteiger partial charge >= 0.3 is 0 Å². The van der Waals surface area contributed by atoms with Gasteiger partial charge in [-0.25, -0.2) is 0 Å². The van der Waals surface area contributed by atoms with Crippen molar-refractivity contribution in [2.45, 2.75) is 10.9 Å². The van der Waals surface area contributed by atoms with Gasteiger partial charge in [-0.2, -0.15) is 0 Å². The van der Waals surface area contributed by atoms with Gasteiger partial charge in [0.05, 0.1) is 0 Å². The summed E-state index contributed by atoms with van der Waals surface area (Å²) >= 11 is 1.82. The zero-order chi connectivity index (χ0) is 10.4. The van der Waals surface area contributed by atoms with Crippen molar-refractivity contribution in [1.82, 2.24) is 4.90 Å². The molecule has 1 aromatic carbocycles. The summed E-state index contributed by atoms with van der Waals surface area (Å²) in [4.78, 5) is 3.41. The van der Waals surface area contributed by atoms with Crippen LogP contribution in [0.3, 0.4) is 0 Å². The lowest BCUT2D eigenvalue weighted by molar-refractivity contribution is 0.385. The van der Waals surface area contributed by atoms with Gasteiger partial charge in [0, 0.05) is 23.2 Å². The molecule has 2 nitrogen and oxygen atoms in total. The minimum atomic E-state index is 0.246. The van der Waals surface area contributed by atoms with E-state index in [1.165, 1.54) is 4.90 Å². The molecular formula is C11H18N2S. The second kappa shape index (κ2) is 6.06. The van der Waals surface area contributed by atoms with Crippen LogP contribution in [-0.2, 0) is 0 Å². The molecule has 0 aliphatic carbocycles. The third-order valence-corrected chi connectivity index (χ3v) is 3.01. The highest BCUT2D eigenvalue weighted by Crippen LogP contribution is 2.17. The standard InChI is InChI=1S/C11H18N2S/c1-13(2)8-10(12)9-14-11-6-4-3-5-7-11/h3-7,10H,8-9,12H2,1-2H3. The molecule has 3 heteroatoms. The molecule has 0 saturated carbocycles. The topological polar surface area (TPSA) is 29.3 Å². The van der Waals surface area contributed by atoms with Gasteiger partial charge in [0.15, 0.2) is 0 Å². The summed E-state index contributed by atoms with van der Waals surface area (Å²) in [5, 5.41) is 0. The monoisotopic (exact) mass is 210 g/mol. The highest BCUT2D eigenvalue weighted by atomic mass is 32.2. The molecule has 0 saturated heterocycles. The van der Waals surface area contributed by atoms with E-state index >= 15 is 0 Å². The molecule has 0 aliphatic heterocycles. The van der Waals surface area contributed by atoms with Crippen molar-refractivity contribution in [2.24, 2.45) is 5.73 Å². The molecule has 0 radical (unpaired) electrons. The highest BCUT2D eigenvalue weighted by Gasteiger charge is 2.04. The molecule has 14 heavy (non-hydrogen) atoms. The molecule has 0 spiro atoms. The molecular weight excluding hydrogens is 192 g/mol. The molecule has 1 aromatic rings. The van der Waals surface area contributed by atoms with E-state index in [-0.39, 0.29) is 6.04 Å². The normalized spacial score (nSPS) is 13.1. The zero-order valence-electron chi connectivity index (χ0n) is 8.81. The SMILES string of the molecule is CN(C)CC(N)CSc1ccccc1. The van der Waals surface area contributed by atoms with Crippen molar-refractivity contribution >= 4 is 11.8 Å². The third-order valence-electron chi connectivity index (χ3n) is 1.81. The van der Waals surface area contributed by atoms with E-state index in [9.17, 15) is 0 Å². The first kappa shape index (κ1) is 11.6. The van der Waals surface area contributed by atoms with Crippen LogP contribution in [0.5, 0.6) is 0 Å². The van der Waals surface area contributed by atoms with E-state index in [1.807, 2.05) is 31.9 Å². The number of hydrogen-bond donors (Lipinski definition) is 1. The van der Waals surface area contributed by atoms with Crippen LogP contribution in [0.2, 0.25) is 0 Å². The van der Waals surface area contributed by atoms with Crippen molar-refractivity contribution in [3.8, 4) is 0 Å². The van der Waals surface area contributed by atoms with Crippen molar-refractivity contribution in [3.05, 3.63) is 30.3 Å². The smallest absolute Gasteiger partial charge is 0.0263 e. The maximum absolute atomic E-state index is 5.96. The second-order valence-electron chi connectivity index (χ2n) is 3.65. The number of likely N-dealkylation sites (N-methyl/N-ethyl adjacent to an activating group) is 1. The molecule has 1 unspecified atom stereocenters. The zero-order valence-corrected chi connectivity index (χ0v) is 9.63. The summed E-state index contributed by atoms with van der Waals surface area (Å²) in [5.74, 6) is 0.974. The molecule has 0 bridgehead atoms. The Kier molecular flexibility index (Phi) is 5.01. The van der Waals surface area contributed by atoms with Crippen LogP contribution in [0.15, 0.2) is 35.2 Å². The fourth-order valence-electron chi connectivity index (χ4n) is 1.24. The summed E-state index contributed by atoms with van der Waals surface area (Å²) in [6.07, 6.45) is 0. The van der Waals surface area contributed by atoms with Crippen molar-refractivity contribution in [3.63, 3.8) is 0 Å². The van der Waals surface area contributed by atoms with E-state index in [0.717, 1.165) is 12.3 Å². The van der Waals surface area contributed by atoms with E-state index in [4.69, 9.17) is 5.73 Å². The first-order valence-electron chi connectivity index (χ1n) is 4.76. The van der Waals surface area contributed by atoms with Gasteiger partial charge in [-0.15, -0.1) is 11.8 Å². The van der Waals surface area contributed by atoms with Crippen LogP contribution in [0.4, 0.5) is 0 Å². The van der Waals surface area contributed by atoms with Crippen LogP contribution in [0, 0.1) is 0 Å². The molecule has 0 fully saturated rings. The summed E-state index contributed by atoms with van der Waals surface area (Å²) in [5.41, 5.74) is 5.96. The summed E-state index contributed by atoms with van der Waals surface area (Å²) in [7, 11) is 4.10. The first-order chi connectivity index (χ1) is 6.68. The summed E-state index contributed by atoms with van der Waals surface area (Å²) in [6.45, 7) is 0.944. The predicted octanol–water partition coefficient (Wildman–Crippen LogP) is 1.67. The number of nitrogens with two attached hydrogens (primary N) is 1. The molecule has 78 valence electrons. The van der Waals surface area contributed by atoms with Crippen molar-refractivity contribution in [2.75, 3.05) is 26.4 Å². The Labute approximate surface area is 90.5 Å². The predicted molar refractivity (Wildman–Crippen MR) is 63.7 cm³/mol. The average Bonchev–Trinajstić information content (AvgIpc) is 2.15. The molecule has 0 aromatic heterocycles. The molecule has 0 heterocycles. The number of hydrogen-bond acceptors (Lipinski definition) is 3. The van der Waals surface area contributed by atoms with Gasteiger partial charge in [0.2, 0.25) is 0 Å². The maximum Gasteiger partial charge on any atom is 0.0263 e. The Bertz CT molecular complexity index is 249. The third kappa shape index (κ3) is 4.65. The van der Waals surface area contributed by atoms with E-state index in [1.54, 1.807) is 0 Å². The Balaban J connectivity index is 2.27. The van der Waals surface area contributed by atoms with Gasteiger partial charge in [-0.3, -0.25) is 0 Å². The van der Waals surface area contributed by atoms with Gasteiger partial charge in [0.25, 0.3) is 0 Å². The fraction of sp³-hybridized carbons (Fsp3) is 0.455. The Morgan fingerprint density at radius 2 is 1.93 bits per heavy atom. The lowest BCUT2D eigenvalue weighted by Crippen LogP contribution is -2.35. The fourth-order valence-corrected chi connectivity index (χ4v) is 2.10. The summed E-state index contributed by atoms with van der Waals surface area (Å²) < 4.78 is 0. The van der Waals surface area contributed by atoms with Gasteiger partial charge in [-0.1, -0.05) is 18.2 Å². The lowest BCUT2D eigenvalue weighted by atomic mass is 10.3. The molecule has 1 rings (SSSR count). The van der Waals surface area contributed by atoms with Crippen LogP contribution in [0.1, 0.15) is 0 Å². The molecule has 0 amide bonds. The quantitative estimate of drug-likeness (QED) is 0.750. The van der Waals surface area contributed by atoms with E-state index in [0.29, 0.717) is 0 Å². The minimum absolute atomic E-state index is 0.246. The summed E-state index contributed by atoms with van der Waals surface area (Å²) in [6, 6.07) is 10.6. The number of nitrogens with zero attached hydrogens (tertiary/aromatic N) is 1. The van der Waals surface area contributed by atoms with Crippen LogP contribution >= 0.6 is 11.8 Å². The Morgan fingerprint density at radius 3 is 2.50 bits per heavy atom. The Morgan fingerprint density at radius 1 is 1.29 bits per heavy atom. The number of thioether (sulfide) groups is 1. The molecule has 1 atom stereocenters. The van der Waals surface area contributed by atoms with Crippen molar-refractivity contribution in [1.29, 1.82) is 0 Å². The second-order valence-corrected chi connectivity index (χ2v) is 4.74. The Hall–Kier alpha value is -0.510. The van der Waals surface area contributed by atoms with Gasteiger partial charge < -0.3 is 10.6 Å².